The maximum Gasteiger partial charge on any atom is 0.252 e. The van der Waals surface area contributed by atoms with E-state index in [1.807, 2.05) is 25.1 Å². The van der Waals surface area contributed by atoms with Gasteiger partial charge >= 0.3 is 0 Å². The van der Waals surface area contributed by atoms with Gasteiger partial charge in [0, 0.05) is 23.7 Å². The van der Waals surface area contributed by atoms with Crippen LogP contribution >= 0.6 is 0 Å². The van der Waals surface area contributed by atoms with Gasteiger partial charge in [0.05, 0.1) is 17.7 Å². The van der Waals surface area contributed by atoms with Crippen LogP contribution in [0.1, 0.15) is 16.9 Å². The van der Waals surface area contributed by atoms with E-state index in [0.29, 0.717) is 41.6 Å². The van der Waals surface area contributed by atoms with Gasteiger partial charge in [0.15, 0.2) is 11.5 Å². The minimum atomic E-state index is -4.00. The molecule has 1 aliphatic heterocycles. The number of sulfonamides is 1. The molecule has 0 radical (unpaired) electrons. The minimum absolute atomic E-state index is 0.0327. The number of nitrogens with zero attached hydrogens (tertiary/aromatic N) is 1. The third-order valence-corrected chi connectivity index (χ3v) is 7.27. The van der Waals surface area contributed by atoms with E-state index in [9.17, 15) is 13.2 Å². The number of hydrogen-bond acceptors (Lipinski definition) is 6. The van der Waals surface area contributed by atoms with E-state index >= 15 is 0 Å². The van der Waals surface area contributed by atoms with Crippen LogP contribution in [-0.2, 0) is 23.1 Å². The van der Waals surface area contributed by atoms with Crippen molar-refractivity contribution in [2.24, 2.45) is 0 Å². The zero-order chi connectivity index (χ0) is 23.0. The van der Waals surface area contributed by atoms with Crippen molar-refractivity contribution < 1.29 is 22.3 Å². The Bertz CT molecular complexity index is 1470. The Labute approximate surface area is 190 Å². The maximum absolute atomic E-state index is 13.7. The molecule has 0 bridgehead atoms. The van der Waals surface area contributed by atoms with E-state index in [1.165, 1.54) is 22.7 Å². The third kappa shape index (κ3) is 4.24. The predicted octanol–water partition coefficient (Wildman–Crippen LogP) is 3.59. The van der Waals surface area contributed by atoms with Crippen LogP contribution < -0.4 is 15.0 Å². The Morgan fingerprint density at radius 3 is 2.58 bits per heavy atom. The molecular weight excluding hydrogens is 444 g/mol. The quantitative estimate of drug-likeness (QED) is 0.466. The number of ether oxygens (including phenoxy) is 2. The number of hydrogen-bond donors (Lipinski definition) is 1. The monoisotopic (exact) mass is 466 g/mol. The first kappa shape index (κ1) is 21.3. The molecule has 0 saturated carbocycles. The fourth-order valence-electron chi connectivity index (χ4n) is 3.81. The normalized spacial score (nSPS) is 13.5. The highest BCUT2D eigenvalue weighted by Crippen LogP contribution is 2.33. The molecule has 4 aromatic rings. The van der Waals surface area contributed by atoms with Gasteiger partial charge in [0.1, 0.15) is 19.0 Å². The van der Waals surface area contributed by atoms with Crippen molar-refractivity contribution >= 4 is 20.9 Å². The Kier molecular flexibility index (Phi) is 5.43. The van der Waals surface area contributed by atoms with Crippen LogP contribution in [-0.4, -0.2) is 30.9 Å². The topological polar surface area (TPSA) is 102 Å². The summed E-state index contributed by atoms with van der Waals surface area (Å²) in [6, 6.07) is 15.3. The van der Waals surface area contributed by atoms with Gasteiger partial charge < -0.3 is 18.9 Å². The molecule has 170 valence electrons. The fourth-order valence-corrected chi connectivity index (χ4v) is 5.21. The molecule has 0 fully saturated rings. The van der Waals surface area contributed by atoms with Crippen molar-refractivity contribution in [1.29, 1.82) is 0 Å². The van der Waals surface area contributed by atoms with Crippen LogP contribution in [0.2, 0.25) is 0 Å². The SMILES string of the molecule is Cc1ccc2[nH]c(=O)c(CN(Cc3ccco3)S(=O)(=O)c3ccc4c(c3)OCCO4)cc2c1. The summed E-state index contributed by atoms with van der Waals surface area (Å²) >= 11 is 0. The van der Waals surface area contributed by atoms with E-state index in [4.69, 9.17) is 13.9 Å². The first-order chi connectivity index (χ1) is 15.9. The number of furan rings is 1. The molecule has 5 rings (SSSR count). The Balaban J connectivity index is 1.55. The van der Waals surface area contributed by atoms with Gasteiger partial charge in [0.2, 0.25) is 10.0 Å². The van der Waals surface area contributed by atoms with E-state index in [2.05, 4.69) is 4.98 Å². The molecule has 1 aliphatic rings. The molecule has 0 aliphatic carbocycles. The molecular formula is C24H22N2O6S. The van der Waals surface area contributed by atoms with Gasteiger partial charge in [-0.3, -0.25) is 4.79 Å². The number of benzene rings is 2. The van der Waals surface area contributed by atoms with Crippen LogP contribution in [0, 0.1) is 6.92 Å². The molecule has 9 heteroatoms. The number of H-pyrrole nitrogens is 1. The molecule has 33 heavy (non-hydrogen) atoms. The lowest BCUT2D eigenvalue weighted by Crippen LogP contribution is -2.32. The molecule has 2 aromatic heterocycles. The van der Waals surface area contributed by atoms with Gasteiger partial charge in [-0.15, -0.1) is 0 Å². The summed E-state index contributed by atoms with van der Waals surface area (Å²) in [6.45, 7) is 2.55. The van der Waals surface area contributed by atoms with E-state index < -0.39 is 10.0 Å². The van der Waals surface area contributed by atoms with Crippen LogP contribution in [0.15, 0.2) is 75.0 Å². The summed E-state index contributed by atoms with van der Waals surface area (Å²) in [6.07, 6.45) is 1.48. The number of pyridine rings is 1. The van der Waals surface area contributed by atoms with Gasteiger partial charge in [0.25, 0.3) is 5.56 Å². The first-order valence-corrected chi connectivity index (χ1v) is 11.9. The molecule has 1 N–H and O–H groups in total. The van der Waals surface area contributed by atoms with Crippen molar-refractivity contribution in [3.8, 4) is 11.5 Å². The van der Waals surface area contributed by atoms with Crippen LogP contribution in [0.25, 0.3) is 10.9 Å². The van der Waals surface area contributed by atoms with Crippen LogP contribution in [0.4, 0.5) is 0 Å². The Hall–Kier alpha value is -3.56. The number of rotatable bonds is 6. The lowest BCUT2D eigenvalue weighted by molar-refractivity contribution is 0.171. The zero-order valence-electron chi connectivity index (χ0n) is 17.9. The average Bonchev–Trinajstić information content (AvgIpc) is 3.32. The van der Waals surface area contributed by atoms with Gasteiger partial charge in [-0.05, 0) is 54.8 Å². The molecule has 0 unspecified atom stereocenters. The summed E-state index contributed by atoms with van der Waals surface area (Å²) in [4.78, 5) is 15.7. The second-order valence-corrected chi connectivity index (χ2v) is 9.81. The molecule has 0 atom stereocenters. The van der Waals surface area contributed by atoms with Gasteiger partial charge in [-0.1, -0.05) is 11.6 Å². The highest BCUT2D eigenvalue weighted by molar-refractivity contribution is 7.89. The molecule has 8 nitrogen and oxygen atoms in total. The van der Waals surface area contributed by atoms with E-state index in [0.717, 1.165) is 10.9 Å². The number of nitrogens with one attached hydrogen (secondary N) is 1. The largest absolute Gasteiger partial charge is 0.486 e. The van der Waals surface area contributed by atoms with Crippen LogP contribution in [0.3, 0.4) is 0 Å². The lowest BCUT2D eigenvalue weighted by Gasteiger charge is -2.23. The summed E-state index contributed by atoms with van der Waals surface area (Å²) in [5.74, 6) is 1.34. The van der Waals surface area contributed by atoms with Gasteiger partial charge in [-0.2, -0.15) is 4.31 Å². The lowest BCUT2D eigenvalue weighted by atomic mass is 10.1. The smallest absolute Gasteiger partial charge is 0.252 e. The molecule has 0 saturated heterocycles. The second-order valence-electron chi connectivity index (χ2n) is 7.87. The molecule has 0 amide bonds. The zero-order valence-corrected chi connectivity index (χ0v) is 18.7. The number of fused-ring (bicyclic) bond motifs is 2. The summed E-state index contributed by atoms with van der Waals surface area (Å²) in [5.41, 5.74) is 1.73. The van der Waals surface area contributed by atoms with Crippen molar-refractivity contribution in [3.05, 3.63) is 88.1 Å². The Morgan fingerprint density at radius 1 is 0.970 bits per heavy atom. The minimum Gasteiger partial charge on any atom is -0.486 e. The second kappa shape index (κ2) is 8.42. The Morgan fingerprint density at radius 2 is 1.79 bits per heavy atom. The number of aromatic amines is 1. The first-order valence-electron chi connectivity index (χ1n) is 10.4. The fraction of sp³-hybridized carbons (Fsp3) is 0.208. The highest BCUT2D eigenvalue weighted by atomic mass is 32.2. The molecule has 2 aromatic carbocycles. The van der Waals surface area contributed by atoms with Crippen molar-refractivity contribution in [1.82, 2.24) is 9.29 Å². The molecule has 3 heterocycles. The van der Waals surface area contributed by atoms with Crippen molar-refractivity contribution in [2.45, 2.75) is 24.9 Å². The third-order valence-electron chi connectivity index (χ3n) is 5.49. The summed E-state index contributed by atoms with van der Waals surface area (Å²) < 4.78 is 45.0. The van der Waals surface area contributed by atoms with Crippen molar-refractivity contribution in [2.75, 3.05) is 13.2 Å². The predicted molar refractivity (Wildman–Crippen MR) is 122 cm³/mol. The van der Waals surface area contributed by atoms with Crippen LogP contribution in [0.5, 0.6) is 11.5 Å². The maximum atomic E-state index is 13.7. The molecule has 0 spiro atoms. The van der Waals surface area contributed by atoms with E-state index in [1.54, 1.807) is 24.3 Å². The average molecular weight is 467 g/mol. The van der Waals surface area contributed by atoms with Crippen molar-refractivity contribution in [3.63, 3.8) is 0 Å². The number of aryl methyl sites for hydroxylation is 1. The standard InChI is InChI=1S/C24H22N2O6S/c1-16-4-6-21-17(11-16)12-18(24(27)25-21)14-26(15-19-3-2-8-30-19)33(28,29)20-5-7-22-23(13-20)32-10-9-31-22/h2-8,11-13H,9-10,14-15H2,1H3,(H,25,27). The summed E-state index contributed by atoms with van der Waals surface area (Å²) in [7, 11) is -4.00. The number of aromatic nitrogens is 1. The highest BCUT2D eigenvalue weighted by Gasteiger charge is 2.28. The van der Waals surface area contributed by atoms with Gasteiger partial charge in [-0.25, -0.2) is 8.42 Å². The van der Waals surface area contributed by atoms with E-state index in [-0.39, 0.29) is 23.5 Å². The summed E-state index contributed by atoms with van der Waals surface area (Å²) in [5, 5.41) is 0.833.